The molecule has 0 aromatic heterocycles. The van der Waals surface area contributed by atoms with Gasteiger partial charge >= 0.3 is 0 Å². The third-order valence-corrected chi connectivity index (χ3v) is 3.89. The van der Waals surface area contributed by atoms with Crippen LogP contribution in [0.3, 0.4) is 0 Å². The number of hydrogen-bond donors (Lipinski definition) is 0. The maximum Gasteiger partial charge on any atom is 0.270 e. The summed E-state index contributed by atoms with van der Waals surface area (Å²) in [5, 5.41) is 11.1. The molecule has 2 rings (SSSR count). The van der Waals surface area contributed by atoms with Crippen LogP contribution < -0.4 is 0 Å². The third-order valence-electron chi connectivity index (χ3n) is 3.56. The summed E-state index contributed by atoms with van der Waals surface area (Å²) < 4.78 is 5.31. The summed E-state index contributed by atoms with van der Waals surface area (Å²) in [7, 11) is 0. The molecule has 1 atom stereocenters. The fourth-order valence-electron chi connectivity index (χ4n) is 2.36. The second kappa shape index (κ2) is 6.87. The van der Waals surface area contributed by atoms with Gasteiger partial charge in [0.25, 0.3) is 11.6 Å². The van der Waals surface area contributed by atoms with Crippen molar-refractivity contribution in [2.75, 3.05) is 26.3 Å². The summed E-state index contributed by atoms with van der Waals surface area (Å²) in [6.45, 7) is 4.34. The molecule has 1 aromatic carbocycles. The molecule has 1 saturated heterocycles. The lowest BCUT2D eigenvalue weighted by atomic mass is 10.1. The van der Waals surface area contributed by atoms with Crippen LogP contribution in [0, 0.1) is 16.0 Å². The maximum atomic E-state index is 12.5. The van der Waals surface area contributed by atoms with E-state index in [1.54, 1.807) is 4.90 Å². The molecule has 114 valence electrons. The van der Waals surface area contributed by atoms with Crippen LogP contribution in [0.2, 0.25) is 5.02 Å². The summed E-state index contributed by atoms with van der Waals surface area (Å²) >= 11 is 6.02. The van der Waals surface area contributed by atoms with Crippen molar-refractivity contribution in [3.05, 3.63) is 38.9 Å². The molecule has 7 heteroatoms. The minimum atomic E-state index is -0.534. The predicted molar refractivity (Wildman–Crippen MR) is 78.6 cm³/mol. The fourth-order valence-corrected chi connectivity index (χ4v) is 2.55. The number of carbonyl (C=O) groups excluding carboxylic acids is 1. The van der Waals surface area contributed by atoms with Crippen LogP contribution in [0.5, 0.6) is 0 Å². The van der Waals surface area contributed by atoms with Gasteiger partial charge in [0.05, 0.1) is 22.1 Å². The Balaban J connectivity index is 2.19. The molecule has 0 N–H and O–H groups in total. The summed E-state index contributed by atoms with van der Waals surface area (Å²) in [4.78, 5) is 24.5. The number of benzene rings is 1. The van der Waals surface area contributed by atoms with Gasteiger partial charge in [0.15, 0.2) is 0 Å². The monoisotopic (exact) mass is 312 g/mol. The zero-order valence-corrected chi connectivity index (χ0v) is 12.5. The van der Waals surface area contributed by atoms with Crippen LogP contribution in [0.1, 0.15) is 23.7 Å². The van der Waals surface area contributed by atoms with Crippen molar-refractivity contribution in [1.82, 2.24) is 4.90 Å². The molecule has 0 bridgehead atoms. The predicted octanol–water partition coefficient (Wildman–Crippen LogP) is 2.75. The van der Waals surface area contributed by atoms with Crippen molar-refractivity contribution >= 4 is 23.2 Å². The van der Waals surface area contributed by atoms with E-state index in [0.717, 1.165) is 6.42 Å². The van der Waals surface area contributed by atoms with Gasteiger partial charge in [-0.1, -0.05) is 11.6 Å². The first-order valence-corrected chi connectivity index (χ1v) is 7.21. The van der Waals surface area contributed by atoms with Gasteiger partial charge < -0.3 is 9.64 Å². The lowest BCUT2D eigenvalue weighted by molar-refractivity contribution is -0.384. The number of hydrogen-bond acceptors (Lipinski definition) is 4. The van der Waals surface area contributed by atoms with E-state index in [2.05, 4.69) is 0 Å². The van der Waals surface area contributed by atoms with Crippen LogP contribution in [-0.4, -0.2) is 42.0 Å². The molecule has 0 saturated carbocycles. The van der Waals surface area contributed by atoms with E-state index in [-0.39, 0.29) is 22.2 Å². The van der Waals surface area contributed by atoms with E-state index < -0.39 is 4.92 Å². The van der Waals surface area contributed by atoms with E-state index in [1.807, 2.05) is 6.92 Å². The maximum absolute atomic E-state index is 12.5. The number of carbonyl (C=O) groups is 1. The quantitative estimate of drug-likeness (QED) is 0.619. The van der Waals surface area contributed by atoms with E-state index in [9.17, 15) is 14.9 Å². The molecule has 1 aliphatic rings. The largest absolute Gasteiger partial charge is 0.381 e. The molecule has 0 aliphatic carbocycles. The molecule has 1 unspecified atom stereocenters. The Hall–Kier alpha value is -1.66. The van der Waals surface area contributed by atoms with Crippen molar-refractivity contribution < 1.29 is 14.5 Å². The average molecular weight is 313 g/mol. The molecule has 6 nitrogen and oxygen atoms in total. The molecule has 1 amide bonds. The van der Waals surface area contributed by atoms with E-state index in [1.165, 1.54) is 18.2 Å². The van der Waals surface area contributed by atoms with E-state index in [4.69, 9.17) is 16.3 Å². The number of nitrogens with zero attached hydrogens (tertiary/aromatic N) is 2. The normalized spacial score (nSPS) is 17.7. The molecule has 21 heavy (non-hydrogen) atoms. The number of nitro groups is 1. The van der Waals surface area contributed by atoms with Crippen LogP contribution in [0.4, 0.5) is 5.69 Å². The lowest BCUT2D eigenvalue weighted by Gasteiger charge is -2.24. The highest BCUT2D eigenvalue weighted by molar-refractivity contribution is 6.33. The standard InChI is InChI=1S/C14H17ClN2O4/c1-2-16(8-10-5-6-21-9-10)14(18)12-7-11(17(19)20)3-4-13(12)15/h3-4,7,10H,2,5-6,8-9H2,1H3. The van der Waals surface area contributed by atoms with Gasteiger partial charge in [-0.25, -0.2) is 0 Å². The van der Waals surface area contributed by atoms with Crippen LogP contribution in [-0.2, 0) is 4.74 Å². The Morgan fingerprint density at radius 2 is 2.33 bits per heavy atom. The van der Waals surface area contributed by atoms with Gasteiger partial charge in [-0.15, -0.1) is 0 Å². The summed E-state index contributed by atoms with van der Waals surface area (Å²) in [5.41, 5.74) is 0.0367. The second-order valence-corrected chi connectivity index (χ2v) is 5.40. The average Bonchev–Trinajstić information content (AvgIpc) is 2.97. The van der Waals surface area contributed by atoms with Crippen LogP contribution in [0.25, 0.3) is 0 Å². The highest BCUT2D eigenvalue weighted by atomic mass is 35.5. The summed E-state index contributed by atoms with van der Waals surface area (Å²) in [5.74, 6) is 0.0319. The first-order chi connectivity index (χ1) is 10.0. The zero-order valence-electron chi connectivity index (χ0n) is 11.8. The molecule has 1 aliphatic heterocycles. The van der Waals surface area contributed by atoms with Gasteiger partial charge in [-0.05, 0) is 19.4 Å². The van der Waals surface area contributed by atoms with Crippen molar-refractivity contribution in [2.24, 2.45) is 5.92 Å². The smallest absolute Gasteiger partial charge is 0.270 e. The molecule has 1 heterocycles. The Bertz CT molecular complexity index is 544. The van der Waals surface area contributed by atoms with Crippen molar-refractivity contribution in [2.45, 2.75) is 13.3 Å². The molecular formula is C14H17ClN2O4. The summed E-state index contributed by atoms with van der Waals surface area (Å²) in [6.07, 6.45) is 0.923. The number of amides is 1. The number of rotatable bonds is 5. The first kappa shape index (κ1) is 15.7. The third kappa shape index (κ3) is 3.71. The molecule has 1 fully saturated rings. The van der Waals surface area contributed by atoms with E-state index in [0.29, 0.717) is 32.2 Å². The molecule has 0 radical (unpaired) electrons. The minimum Gasteiger partial charge on any atom is -0.381 e. The van der Waals surface area contributed by atoms with Crippen molar-refractivity contribution in [3.8, 4) is 0 Å². The molecule has 0 spiro atoms. The zero-order chi connectivity index (χ0) is 15.4. The van der Waals surface area contributed by atoms with Gasteiger partial charge in [-0.3, -0.25) is 14.9 Å². The Kier molecular flexibility index (Phi) is 5.14. The number of ether oxygens (including phenoxy) is 1. The van der Waals surface area contributed by atoms with Gasteiger partial charge in [-0.2, -0.15) is 0 Å². The Morgan fingerprint density at radius 3 is 2.90 bits per heavy atom. The summed E-state index contributed by atoms with van der Waals surface area (Å²) in [6, 6.07) is 3.91. The van der Waals surface area contributed by atoms with Gasteiger partial charge in [0.1, 0.15) is 0 Å². The SMILES string of the molecule is CCN(CC1CCOC1)C(=O)c1cc([N+](=O)[O-])ccc1Cl. The Labute approximate surface area is 127 Å². The highest BCUT2D eigenvalue weighted by Gasteiger charge is 2.24. The lowest BCUT2D eigenvalue weighted by Crippen LogP contribution is -2.35. The minimum absolute atomic E-state index is 0.136. The number of non-ortho nitro benzene ring substituents is 1. The van der Waals surface area contributed by atoms with E-state index >= 15 is 0 Å². The van der Waals surface area contributed by atoms with Crippen molar-refractivity contribution in [3.63, 3.8) is 0 Å². The van der Waals surface area contributed by atoms with Crippen LogP contribution >= 0.6 is 11.6 Å². The topological polar surface area (TPSA) is 72.7 Å². The first-order valence-electron chi connectivity index (χ1n) is 6.84. The molecular weight excluding hydrogens is 296 g/mol. The Morgan fingerprint density at radius 1 is 1.57 bits per heavy atom. The highest BCUT2D eigenvalue weighted by Crippen LogP contribution is 2.24. The fraction of sp³-hybridized carbons (Fsp3) is 0.500. The van der Waals surface area contributed by atoms with Gasteiger partial charge in [0.2, 0.25) is 0 Å². The van der Waals surface area contributed by atoms with Gasteiger partial charge in [0, 0.05) is 37.7 Å². The van der Waals surface area contributed by atoms with Crippen molar-refractivity contribution in [1.29, 1.82) is 0 Å². The number of nitro benzene ring substituents is 1. The second-order valence-electron chi connectivity index (χ2n) is 4.99. The molecule has 1 aromatic rings. The van der Waals surface area contributed by atoms with Crippen LogP contribution in [0.15, 0.2) is 18.2 Å². The number of halogens is 1.